The van der Waals surface area contributed by atoms with Crippen molar-refractivity contribution in [2.24, 2.45) is 4.99 Å². The van der Waals surface area contributed by atoms with Gasteiger partial charge in [-0.15, -0.1) is 0 Å². The van der Waals surface area contributed by atoms with Gasteiger partial charge in [0.15, 0.2) is 0 Å². The molecule has 1 N–H and O–H groups in total. The summed E-state index contributed by atoms with van der Waals surface area (Å²) >= 11 is 0. The fraction of sp³-hybridized carbons (Fsp3) is 0.0167. The lowest BCUT2D eigenvalue weighted by atomic mass is 9.97. The highest BCUT2D eigenvalue weighted by atomic mass is 15.1. The van der Waals surface area contributed by atoms with Gasteiger partial charge in [0.25, 0.3) is 0 Å². The van der Waals surface area contributed by atoms with E-state index in [0.29, 0.717) is 0 Å². The minimum Gasteiger partial charge on any atom is -0.359 e. The average Bonchev–Trinajstić information content (AvgIpc) is 3.37. The van der Waals surface area contributed by atoms with E-state index in [4.69, 9.17) is 4.99 Å². The van der Waals surface area contributed by atoms with Gasteiger partial charge >= 0.3 is 0 Å². The van der Waals surface area contributed by atoms with E-state index in [1.54, 1.807) is 0 Å². The molecule has 0 fully saturated rings. The number of hydrogen-bond acceptors (Lipinski definition) is 3. The maximum Gasteiger partial charge on any atom is 0.134 e. The van der Waals surface area contributed by atoms with Gasteiger partial charge < -0.3 is 10.2 Å². The molecule has 0 aliphatic carbocycles. The molecular formula is C60H43N3. The molecule has 0 amide bonds. The number of fused-ring (bicyclic) bond motifs is 2. The molecule has 3 heteroatoms. The summed E-state index contributed by atoms with van der Waals surface area (Å²) in [5.74, 6) is 0.858. The highest BCUT2D eigenvalue weighted by molar-refractivity contribution is 6.06. The molecule has 298 valence electrons. The summed E-state index contributed by atoms with van der Waals surface area (Å²) in [5, 5.41) is 8.56. The van der Waals surface area contributed by atoms with Crippen molar-refractivity contribution in [3.05, 3.63) is 265 Å². The maximum absolute atomic E-state index is 5.26. The van der Waals surface area contributed by atoms with Gasteiger partial charge in [-0.05, 0) is 91.5 Å². The van der Waals surface area contributed by atoms with Crippen molar-refractivity contribution in [1.29, 1.82) is 0 Å². The third-order valence-electron chi connectivity index (χ3n) is 12.1. The van der Waals surface area contributed by atoms with Gasteiger partial charge in [0.2, 0.25) is 0 Å². The zero-order chi connectivity index (χ0) is 42.0. The number of aliphatic imine (C=N–C) groups is 1. The first-order chi connectivity index (χ1) is 31.2. The van der Waals surface area contributed by atoms with Crippen LogP contribution in [0.5, 0.6) is 0 Å². The first kappa shape index (κ1) is 37.7. The Balaban J connectivity index is 0.901. The largest absolute Gasteiger partial charge is 0.359 e. The van der Waals surface area contributed by atoms with E-state index in [0.717, 1.165) is 50.8 Å². The lowest BCUT2D eigenvalue weighted by Crippen LogP contribution is -2.31. The molecular weight excluding hydrogens is 763 g/mol. The van der Waals surface area contributed by atoms with Gasteiger partial charge in [0, 0.05) is 27.9 Å². The topological polar surface area (TPSA) is 27.6 Å². The number of nitrogens with one attached hydrogen (secondary N) is 1. The molecule has 10 aromatic carbocycles. The van der Waals surface area contributed by atoms with Gasteiger partial charge in [-0.2, -0.15) is 0 Å². The van der Waals surface area contributed by atoms with E-state index in [1.807, 2.05) is 0 Å². The van der Waals surface area contributed by atoms with Crippen molar-refractivity contribution in [2.75, 3.05) is 4.90 Å². The second-order valence-electron chi connectivity index (χ2n) is 16.0. The Morgan fingerprint density at radius 1 is 0.349 bits per heavy atom. The number of benzene rings is 10. The predicted molar refractivity (Wildman–Crippen MR) is 266 cm³/mol. The molecule has 1 unspecified atom stereocenters. The number of hydrogen-bond donors (Lipinski definition) is 1. The van der Waals surface area contributed by atoms with E-state index in [9.17, 15) is 0 Å². The van der Waals surface area contributed by atoms with Crippen LogP contribution < -0.4 is 10.2 Å². The van der Waals surface area contributed by atoms with E-state index < -0.39 is 0 Å². The molecule has 1 atom stereocenters. The van der Waals surface area contributed by atoms with Crippen molar-refractivity contribution in [1.82, 2.24) is 5.32 Å². The van der Waals surface area contributed by atoms with Crippen LogP contribution in [-0.4, -0.2) is 5.84 Å². The van der Waals surface area contributed by atoms with E-state index >= 15 is 0 Å². The van der Waals surface area contributed by atoms with Gasteiger partial charge in [-0.1, -0.05) is 212 Å². The Bertz CT molecular complexity index is 3250. The number of amidine groups is 1. The smallest absolute Gasteiger partial charge is 0.134 e. The minimum atomic E-state index is -0.0211. The molecule has 0 saturated carbocycles. The second kappa shape index (κ2) is 16.6. The quantitative estimate of drug-likeness (QED) is 0.157. The van der Waals surface area contributed by atoms with Gasteiger partial charge in [0.1, 0.15) is 5.84 Å². The molecule has 1 aliphatic rings. The summed E-state index contributed by atoms with van der Waals surface area (Å²) in [4.78, 5) is 7.63. The third-order valence-corrected chi connectivity index (χ3v) is 12.1. The number of nitrogens with zero attached hydrogens (tertiary/aromatic N) is 2. The first-order valence-electron chi connectivity index (χ1n) is 21.6. The highest BCUT2D eigenvalue weighted by Gasteiger charge is 2.21. The Hall–Kier alpha value is -8.27. The minimum absolute atomic E-state index is 0.0211. The number of rotatable bonds is 9. The molecule has 3 nitrogen and oxygen atoms in total. The zero-order valence-electron chi connectivity index (χ0n) is 34.6. The van der Waals surface area contributed by atoms with Crippen LogP contribution in [-0.2, 0) is 0 Å². The van der Waals surface area contributed by atoms with Gasteiger partial charge in [0.05, 0.1) is 17.4 Å². The lowest BCUT2D eigenvalue weighted by Gasteiger charge is -2.27. The molecule has 0 aromatic heterocycles. The molecule has 0 radical (unpaired) electrons. The van der Waals surface area contributed by atoms with Crippen LogP contribution in [0.1, 0.15) is 22.7 Å². The number of anilines is 3. The van der Waals surface area contributed by atoms with Crippen LogP contribution >= 0.6 is 0 Å². The fourth-order valence-corrected chi connectivity index (χ4v) is 8.87. The monoisotopic (exact) mass is 805 g/mol. The van der Waals surface area contributed by atoms with Crippen molar-refractivity contribution < 1.29 is 0 Å². The Kier molecular flexibility index (Phi) is 9.96. The van der Waals surface area contributed by atoms with Crippen molar-refractivity contribution >= 4 is 50.1 Å². The molecule has 10 aromatic rings. The molecule has 1 heterocycles. The average molecular weight is 806 g/mol. The SMILES string of the molecule is C1=C(c2cccc3ccccc23)N=C(c2ccc(-c3ccc(N(c4ccc(-c5ccc(-c6ccccc6)cc5)cc4)c4cccc5ccccc45)cc3)cc2)NC1c1ccccc1. The summed E-state index contributed by atoms with van der Waals surface area (Å²) in [7, 11) is 0. The van der Waals surface area contributed by atoms with Crippen LogP contribution in [0, 0.1) is 0 Å². The second-order valence-corrected chi connectivity index (χ2v) is 16.0. The summed E-state index contributed by atoms with van der Waals surface area (Å²) < 4.78 is 0. The van der Waals surface area contributed by atoms with Crippen LogP contribution in [0.3, 0.4) is 0 Å². The molecule has 0 saturated heterocycles. The third kappa shape index (κ3) is 7.58. The predicted octanol–water partition coefficient (Wildman–Crippen LogP) is 15.6. The van der Waals surface area contributed by atoms with Crippen molar-refractivity contribution in [3.8, 4) is 33.4 Å². The van der Waals surface area contributed by atoms with Crippen LogP contribution in [0.25, 0.3) is 60.6 Å². The van der Waals surface area contributed by atoms with Crippen LogP contribution in [0.15, 0.2) is 254 Å². The fourth-order valence-electron chi connectivity index (χ4n) is 8.87. The Morgan fingerprint density at radius 2 is 0.778 bits per heavy atom. The standard InChI is InChI=1S/C60H43N3/c1-3-13-42(14-4-1)43-25-27-44(28-26-43)46-33-37-52(38-34-46)63(59-24-12-20-49-16-8-10-22-55(49)59)53-39-35-47(36-40-53)45-29-31-51(32-30-45)60-61-57(50-17-5-2-6-18-50)41-58(62-60)56-23-11-19-48-15-7-9-21-54(48)56/h1-41,57H,(H,61,62). The summed E-state index contributed by atoms with van der Waals surface area (Å²) in [5.41, 5.74) is 14.8. The Morgan fingerprint density at radius 3 is 1.37 bits per heavy atom. The normalized spacial score (nSPS) is 13.6. The summed E-state index contributed by atoms with van der Waals surface area (Å²) in [6.07, 6.45) is 2.25. The Labute approximate surface area is 368 Å². The zero-order valence-corrected chi connectivity index (χ0v) is 34.6. The van der Waals surface area contributed by atoms with Crippen molar-refractivity contribution in [2.45, 2.75) is 6.04 Å². The molecule has 1 aliphatic heterocycles. The van der Waals surface area contributed by atoms with Crippen LogP contribution in [0.4, 0.5) is 17.1 Å². The van der Waals surface area contributed by atoms with E-state index in [2.05, 4.69) is 259 Å². The van der Waals surface area contributed by atoms with Crippen LogP contribution in [0.2, 0.25) is 0 Å². The highest BCUT2D eigenvalue weighted by Crippen LogP contribution is 2.41. The summed E-state index contributed by atoms with van der Waals surface area (Å²) in [6, 6.07) is 86.8. The molecule has 11 rings (SSSR count). The van der Waals surface area contributed by atoms with Crippen molar-refractivity contribution in [3.63, 3.8) is 0 Å². The molecule has 0 spiro atoms. The molecule has 0 bridgehead atoms. The maximum atomic E-state index is 5.26. The van der Waals surface area contributed by atoms with Gasteiger partial charge in [-0.3, -0.25) is 0 Å². The van der Waals surface area contributed by atoms with E-state index in [1.165, 1.54) is 49.4 Å². The summed E-state index contributed by atoms with van der Waals surface area (Å²) in [6.45, 7) is 0. The lowest BCUT2D eigenvalue weighted by molar-refractivity contribution is 0.781. The first-order valence-corrected chi connectivity index (χ1v) is 21.6. The van der Waals surface area contributed by atoms with Gasteiger partial charge in [-0.25, -0.2) is 4.99 Å². The van der Waals surface area contributed by atoms with E-state index in [-0.39, 0.29) is 6.04 Å². The molecule has 63 heavy (non-hydrogen) atoms.